The lowest BCUT2D eigenvalue weighted by Crippen LogP contribution is -2.20. The molecule has 0 aliphatic rings. The summed E-state index contributed by atoms with van der Waals surface area (Å²) < 4.78 is 13.1. The maximum absolute atomic E-state index is 13.1. The molecule has 96 valence electrons. The van der Waals surface area contributed by atoms with Crippen molar-refractivity contribution >= 4 is 17.7 Å². The average molecular weight is 252 g/mol. The van der Waals surface area contributed by atoms with Crippen molar-refractivity contribution in [3.63, 3.8) is 0 Å². The first-order valence-corrected chi connectivity index (χ1v) is 5.35. The van der Waals surface area contributed by atoms with E-state index < -0.39 is 10.7 Å². The van der Waals surface area contributed by atoms with E-state index in [-0.39, 0.29) is 11.6 Å². The lowest BCUT2D eigenvalue weighted by molar-refractivity contribution is -0.385. The van der Waals surface area contributed by atoms with Crippen molar-refractivity contribution < 1.29 is 14.1 Å². The van der Waals surface area contributed by atoms with Gasteiger partial charge >= 0.3 is 0 Å². The van der Waals surface area contributed by atoms with Crippen LogP contribution in [0.1, 0.15) is 18.9 Å². The summed E-state index contributed by atoms with van der Waals surface area (Å²) in [5.74, 6) is -0.768. The Hall–Kier alpha value is -2.24. The molecule has 0 atom stereocenters. The van der Waals surface area contributed by atoms with E-state index in [1.54, 1.807) is 12.2 Å². The fraction of sp³-hybridized carbons (Fsp3) is 0.250. The number of hydrogen-bond donors (Lipinski definition) is 1. The third-order valence-electron chi connectivity index (χ3n) is 2.11. The Bertz CT molecular complexity index is 486. The van der Waals surface area contributed by atoms with Crippen LogP contribution < -0.4 is 5.32 Å². The molecule has 6 heteroatoms. The number of nitro benzene ring substituents is 1. The number of hydrogen-bond acceptors (Lipinski definition) is 3. The van der Waals surface area contributed by atoms with Gasteiger partial charge in [0.25, 0.3) is 5.69 Å². The Morgan fingerprint density at radius 1 is 1.50 bits per heavy atom. The van der Waals surface area contributed by atoms with Crippen molar-refractivity contribution in [2.75, 3.05) is 6.54 Å². The summed E-state index contributed by atoms with van der Waals surface area (Å²) in [6.07, 6.45) is 3.87. The lowest BCUT2D eigenvalue weighted by Gasteiger charge is -1.98. The molecule has 0 aliphatic carbocycles. The second-order valence-corrected chi connectivity index (χ2v) is 3.67. The molecule has 0 saturated carbocycles. The molecule has 0 radical (unpaired) electrons. The molecule has 0 spiro atoms. The summed E-state index contributed by atoms with van der Waals surface area (Å²) in [6, 6.07) is 3.37. The average Bonchev–Trinajstić information content (AvgIpc) is 2.27. The van der Waals surface area contributed by atoms with Crippen LogP contribution >= 0.6 is 0 Å². The number of nitro groups is 1. The van der Waals surface area contributed by atoms with E-state index in [1.165, 1.54) is 19.1 Å². The molecule has 0 unspecified atom stereocenters. The molecule has 18 heavy (non-hydrogen) atoms. The van der Waals surface area contributed by atoms with E-state index in [0.29, 0.717) is 18.5 Å². The number of benzene rings is 1. The molecule has 1 amide bonds. The van der Waals surface area contributed by atoms with Crippen LogP contribution in [0.4, 0.5) is 10.1 Å². The highest BCUT2D eigenvalue weighted by Crippen LogP contribution is 2.17. The summed E-state index contributed by atoms with van der Waals surface area (Å²) in [5.41, 5.74) is 0.140. The van der Waals surface area contributed by atoms with Crippen LogP contribution in [0, 0.1) is 15.9 Å². The van der Waals surface area contributed by atoms with Crippen LogP contribution in [0.25, 0.3) is 6.08 Å². The van der Waals surface area contributed by atoms with Gasteiger partial charge in [0, 0.05) is 19.5 Å². The van der Waals surface area contributed by atoms with E-state index in [9.17, 15) is 19.3 Å². The first-order valence-electron chi connectivity index (χ1n) is 5.35. The molecule has 0 aliphatic heterocycles. The fourth-order valence-corrected chi connectivity index (χ4v) is 1.35. The number of carbonyl (C=O) groups excluding carboxylic acids is 1. The van der Waals surface area contributed by atoms with Crippen molar-refractivity contribution in [3.8, 4) is 0 Å². The first-order chi connectivity index (χ1) is 8.49. The molecule has 0 heterocycles. The Morgan fingerprint density at radius 3 is 2.83 bits per heavy atom. The molecule has 1 N–H and O–H groups in total. The van der Waals surface area contributed by atoms with E-state index >= 15 is 0 Å². The number of nitrogens with zero attached hydrogens (tertiary/aromatic N) is 1. The maximum Gasteiger partial charge on any atom is 0.272 e. The summed E-state index contributed by atoms with van der Waals surface area (Å²) in [7, 11) is 0. The predicted octanol–water partition coefficient (Wildman–Crippen LogP) is 2.27. The zero-order valence-electron chi connectivity index (χ0n) is 9.85. The summed E-state index contributed by atoms with van der Waals surface area (Å²) >= 11 is 0. The van der Waals surface area contributed by atoms with Gasteiger partial charge in [-0.3, -0.25) is 14.9 Å². The predicted molar refractivity (Wildman–Crippen MR) is 65.4 cm³/mol. The monoisotopic (exact) mass is 252 g/mol. The van der Waals surface area contributed by atoms with Gasteiger partial charge in [0.15, 0.2) is 0 Å². The summed E-state index contributed by atoms with van der Waals surface area (Å²) in [5, 5.41) is 13.1. The van der Waals surface area contributed by atoms with E-state index in [4.69, 9.17) is 0 Å². The van der Waals surface area contributed by atoms with Gasteiger partial charge in [-0.05, 0) is 18.1 Å². The van der Waals surface area contributed by atoms with Crippen LogP contribution in [-0.4, -0.2) is 17.4 Å². The topological polar surface area (TPSA) is 72.2 Å². The van der Waals surface area contributed by atoms with Gasteiger partial charge in [-0.25, -0.2) is 4.39 Å². The van der Waals surface area contributed by atoms with Crippen LogP contribution in [0.2, 0.25) is 0 Å². The van der Waals surface area contributed by atoms with Crippen LogP contribution in [0.15, 0.2) is 24.3 Å². The molecule has 0 aromatic heterocycles. The van der Waals surface area contributed by atoms with Gasteiger partial charge in [-0.15, -0.1) is 0 Å². The van der Waals surface area contributed by atoms with Gasteiger partial charge < -0.3 is 5.32 Å². The van der Waals surface area contributed by atoms with Crippen LogP contribution in [0.5, 0.6) is 0 Å². The zero-order valence-corrected chi connectivity index (χ0v) is 9.85. The third kappa shape index (κ3) is 4.73. The molecular weight excluding hydrogens is 239 g/mol. The standard InChI is InChI=1S/C12H13FN2O3/c1-9(16)14-5-3-2-4-10-6-11(13)8-12(7-10)15(17)18/h2,4,6-8H,3,5H2,1H3,(H,14,16). The van der Waals surface area contributed by atoms with Crippen LogP contribution in [0.3, 0.4) is 0 Å². The fourth-order valence-electron chi connectivity index (χ4n) is 1.35. The molecule has 0 saturated heterocycles. The number of nitrogens with one attached hydrogen (secondary N) is 1. The van der Waals surface area contributed by atoms with Gasteiger partial charge in [0.1, 0.15) is 5.82 Å². The lowest BCUT2D eigenvalue weighted by atomic mass is 10.1. The third-order valence-corrected chi connectivity index (χ3v) is 2.11. The number of non-ortho nitro benzene ring substituents is 1. The highest BCUT2D eigenvalue weighted by atomic mass is 19.1. The van der Waals surface area contributed by atoms with Gasteiger partial charge in [-0.2, -0.15) is 0 Å². The number of amides is 1. The van der Waals surface area contributed by atoms with Gasteiger partial charge in [0.05, 0.1) is 11.0 Å². The minimum atomic E-state index is -0.647. The van der Waals surface area contributed by atoms with E-state index in [0.717, 1.165) is 6.07 Å². The number of carbonyl (C=O) groups is 1. The van der Waals surface area contributed by atoms with Crippen molar-refractivity contribution in [3.05, 3.63) is 45.8 Å². The smallest absolute Gasteiger partial charge is 0.272 e. The first kappa shape index (κ1) is 13.8. The highest BCUT2D eigenvalue weighted by molar-refractivity contribution is 5.72. The molecule has 1 rings (SSSR count). The number of rotatable bonds is 5. The van der Waals surface area contributed by atoms with E-state index in [2.05, 4.69) is 5.32 Å². The molecule has 5 nitrogen and oxygen atoms in total. The van der Waals surface area contributed by atoms with Crippen molar-refractivity contribution in [1.29, 1.82) is 0 Å². The maximum atomic E-state index is 13.1. The Labute approximate surface area is 103 Å². The minimum Gasteiger partial charge on any atom is -0.356 e. The summed E-state index contributed by atoms with van der Waals surface area (Å²) in [6.45, 7) is 1.89. The Balaban J connectivity index is 2.64. The second-order valence-electron chi connectivity index (χ2n) is 3.67. The number of halogens is 1. The highest BCUT2D eigenvalue weighted by Gasteiger charge is 2.07. The van der Waals surface area contributed by atoms with Gasteiger partial charge in [0.2, 0.25) is 5.91 Å². The summed E-state index contributed by atoms with van der Waals surface area (Å²) in [4.78, 5) is 20.5. The second kappa shape index (κ2) is 6.48. The van der Waals surface area contributed by atoms with Crippen molar-refractivity contribution in [2.45, 2.75) is 13.3 Å². The normalized spacial score (nSPS) is 10.6. The zero-order chi connectivity index (χ0) is 13.5. The molecular formula is C12H13FN2O3. The van der Waals surface area contributed by atoms with Crippen molar-refractivity contribution in [2.24, 2.45) is 0 Å². The van der Waals surface area contributed by atoms with Gasteiger partial charge in [-0.1, -0.05) is 12.2 Å². The molecule has 1 aromatic carbocycles. The minimum absolute atomic E-state index is 0.121. The Kier molecular flexibility index (Phi) is 4.98. The quantitative estimate of drug-likeness (QED) is 0.496. The van der Waals surface area contributed by atoms with E-state index in [1.807, 2.05) is 0 Å². The Morgan fingerprint density at radius 2 is 2.22 bits per heavy atom. The largest absolute Gasteiger partial charge is 0.356 e. The van der Waals surface area contributed by atoms with Crippen molar-refractivity contribution in [1.82, 2.24) is 5.32 Å². The SMILES string of the molecule is CC(=O)NCCC=Cc1cc(F)cc([N+](=O)[O-])c1. The molecule has 0 fully saturated rings. The molecule has 1 aromatic rings. The molecule has 0 bridgehead atoms. The van der Waals surface area contributed by atoms with Crippen LogP contribution in [-0.2, 0) is 4.79 Å².